The summed E-state index contributed by atoms with van der Waals surface area (Å²) in [6.45, 7) is 4.58. The Labute approximate surface area is 167 Å². The fourth-order valence-electron chi connectivity index (χ4n) is 3.77. The number of aliphatic imine (C=N–C) groups is 1. The first-order valence-corrected chi connectivity index (χ1v) is 11.5. The van der Waals surface area contributed by atoms with Gasteiger partial charge < -0.3 is 4.90 Å². The van der Waals surface area contributed by atoms with Gasteiger partial charge in [-0.25, -0.2) is 13.1 Å². The molecule has 2 aliphatic heterocycles. The van der Waals surface area contributed by atoms with Crippen LogP contribution in [0.4, 0.5) is 5.69 Å². The van der Waals surface area contributed by atoms with E-state index >= 15 is 0 Å². The van der Waals surface area contributed by atoms with Crippen LogP contribution in [0, 0.1) is 0 Å². The lowest BCUT2D eigenvalue weighted by Gasteiger charge is -2.38. The maximum absolute atomic E-state index is 13.3. The second-order valence-corrected chi connectivity index (χ2v) is 10.8. The molecule has 1 aromatic carbocycles. The number of halogens is 1. The highest BCUT2D eigenvalue weighted by atomic mass is 79.9. The van der Waals surface area contributed by atoms with Crippen molar-refractivity contribution in [1.82, 2.24) is 9.62 Å². The van der Waals surface area contributed by atoms with Crippen molar-refractivity contribution in [3.63, 3.8) is 0 Å². The number of guanidine groups is 1. The number of amides is 1. The average Bonchev–Trinajstić information content (AvgIpc) is 3.50. The topological polar surface area (TPSA) is 82.1 Å². The number of carbonyl (C=O) groups excluding carboxylic acids is 1. The number of rotatable bonds is 4. The predicted octanol–water partition coefficient (Wildman–Crippen LogP) is 2.46. The summed E-state index contributed by atoms with van der Waals surface area (Å²) in [6, 6.07) is 3.40. The second kappa shape index (κ2) is 5.55. The van der Waals surface area contributed by atoms with Crippen molar-refractivity contribution in [2.24, 2.45) is 4.99 Å². The fourth-order valence-corrected chi connectivity index (χ4v) is 6.09. The number of nitrogens with one attached hydrogen (secondary N) is 1. The predicted molar refractivity (Wildman–Crippen MR) is 106 cm³/mol. The van der Waals surface area contributed by atoms with Gasteiger partial charge in [-0.3, -0.25) is 14.7 Å². The Bertz CT molecular complexity index is 998. The summed E-state index contributed by atoms with van der Waals surface area (Å²) in [4.78, 5) is 21.8. The smallest absolute Gasteiger partial charge is 0.263 e. The number of carbonyl (C=O) groups is 1. The Morgan fingerprint density at radius 3 is 2.59 bits per heavy atom. The molecule has 9 heteroatoms. The van der Waals surface area contributed by atoms with Gasteiger partial charge in [0.25, 0.3) is 5.91 Å². The summed E-state index contributed by atoms with van der Waals surface area (Å²) < 4.78 is 29.1. The third kappa shape index (κ3) is 2.74. The standard InChI is InChI=1S/C18H21BrN4O3S/c1-10-9-20-17-22(10)15-13(16(24)23(17)11-3-4-11)7-12(8-14(15)19)27(25,26)21-18(2)5-6-18/h7-8,10-11,21H,3-6,9H2,1-2H3/t10-/m1/s1. The summed E-state index contributed by atoms with van der Waals surface area (Å²) in [5.74, 6) is 0.536. The van der Waals surface area contributed by atoms with E-state index in [1.165, 1.54) is 6.07 Å². The molecule has 1 atom stereocenters. The van der Waals surface area contributed by atoms with Gasteiger partial charge in [0.1, 0.15) is 0 Å². The summed E-state index contributed by atoms with van der Waals surface area (Å²) in [5.41, 5.74) is 0.775. The van der Waals surface area contributed by atoms with Crippen LogP contribution in [0.15, 0.2) is 26.5 Å². The van der Waals surface area contributed by atoms with Crippen LogP contribution >= 0.6 is 15.9 Å². The molecule has 1 aromatic rings. The summed E-state index contributed by atoms with van der Waals surface area (Å²) in [5, 5.41) is 0. The van der Waals surface area contributed by atoms with Crippen LogP contribution in [-0.2, 0) is 10.0 Å². The van der Waals surface area contributed by atoms with Crippen LogP contribution < -0.4 is 9.62 Å². The van der Waals surface area contributed by atoms with Crippen LogP contribution in [0.3, 0.4) is 0 Å². The van der Waals surface area contributed by atoms with E-state index in [2.05, 4.69) is 37.5 Å². The van der Waals surface area contributed by atoms with Gasteiger partial charge in [0.15, 0.2) is 0 Å². The molecule has 27 heavy (non-hydrogen) atoms. The largest absolute Gasteiger partial charge is 0.306 e. The van der Waals surface area contributed by atoms with Crippen LogP contribution in [0.2, 0.25) is 0 Å². The van der Waals surface area contributed by atoms with E-state index in [-0.39, 0.29) is 28.4 Å². The lowest BCUT2D eigenvalue weighted by atomic mass is 10.1. The van der Waals surface area contributed by atoms with E-state index in [0.717, 1.165) is 31.4 Å². The normalized spacial score (nSPS) is 26.0. The zero-order chi connectivity index (χ0) is 19.1. The minimum absolute atomic E-state index is 0.121. The number of anilines is 1. The van der Waals surface area contributed by atoms with Gasteiger partial charge >= 0.3 is 0 Å². The molecule has 0 bridgehead atoms. The molecule has 0 aromatic heterocycles. The molecule has 1 amide bonds. The van der Waals surface area contributed by atoms with E-state index in [9.17, 15) is 13.2 Å². The molecule has 2 aliphatic carbocycles. The van der Waals surface area contributed by atoms with Gasteiger partial charge in [-0.2, -0.15) is 0 Å². The van der Waals surface area contributed by atoms with E-state index in [1.807, 2.05) is 6.92 Å². The number of sulfonamides is 1. The summed E-state index contributed by atoms with van der Waals surface area (Å²) in [6.07, 6.45) is 3.58. The Kier molecular flexibility index (Phi) is 3.62. The Morgan fingerprint density at radius 1 is 1.26 bits per heavy atom. The Hall–Kier alpha value is -1.45. The molecule has 7 nitrogen and oxygen atoms in total. The third-order valence-corrected chi connectivity index (χ3v) is 7.92. The Morgan fingerprint density at radius 2 is 1.96 bits per heavy atom. The molecule has 0 radical (unpaired) electrons. The minimum atomic E-state index is -3.69. The highest BCUT2D eigenvalue weighted by molar-refractivity contribution is 9.10. The maximum atomic E-state index is 13.3. The van der Waals surface area contributed by atoms with Crippen molar-refractivity contribution in [3.8, 4) is 0 Å². The van der Waals surface area contributed by atoms with Crippen molar-refractivity contribution in [3.05, 3.63) is 22.2 Å². The van der Waals surface area contributed by atoms with Gasteiger partial charge in [0.05, 0.1) is 28.7 Å². The maximum Gasteiger partial charge on any atom is 0.263 e. The van der Waals surface area contributed by atoms with Gasteiger partial charge in [-0.05, 0) is 67.6 Å². The first kappa shape index (κ1) is 17.6. The van der Waals surface area contributed by atoms with Crippen molar-refractivity contribution in [1.29, 1.82) is 0 Å². The van der Waals surface area contributed by atoms with Crippen LogP contribution in [0.1, 0.15) is 49.9 Å². The highest BCUT2D eigenvalue weighted by Gasteiger charge is 2.48. The van der Waals surface area contributed by atoms with Gasteiger partial charge in [0, 0.05) is 16.1 Å². The minimum Gasteiger partial charge on any atom is -0.306 e. The van der Waals surface area contributed by atoms with Gasteiger partial charge in [0.2, 0.25) is 16.0 Å². The number of hydrogen-bond donors (Lipinski definition) is 1. The quantitative estimate of drug-likeness (QED) is 0.760. The number of nitrogens with zero attached hydrogens (tertiary/aromatic N) is 3. The number of benzene rings is 1. The molecule has 0 spiro atoms. The van der Waals surface area contributed by atoms with Crippen LogP contribution in [0.25, 0.3) is 0 Å². The molecule has 0 unspecified atom stereocenters. The van der Waals surface area contributed by atoms with E-state index in [4.69, 9.17) is 0 Å². The monoisotopic (exact) mass is 452 g/mol. The first-order chi connectivity index (χ1) is 12.7. The highest BCUT2D eigenvalue weighted by Crippen LogP contribution is 2.44. The zero-order valence-electron chi connectivity index (χ0n) is 15.2. The van der Waals surface area contributed by atoms with E-state index < -0.39 is 10.0 Å². The lowest BCUT2D eigenvalue weighted by molar-refractivity contribution is 0.0833. The molecule has 2 saturated carbocycles. The fraction of sp³-hybridized carbons (Fsp3) is 0.556. The van der Waals surface area contributed by atoms with E-state index in [1.54, 1.807) is 11.0 Å². The van der Waals surface area contributed by atoms with Crippen molar-refractivity contribution in [2.45, 2.75) is 62.0 Å². The molecular formula is C18H21BrN4O3S. The molecule has 144 valence electrons. The molecule has 4 aliphatic rings. The second-order valence-electron chi connectivity index (χ2n) is 8.23. The zero-order valence-corrected chi connectivity index (χ0v) is 17.6. The Balaban J connectivity index is 1.64. The summed E-state index contributed by atoms with van der Waals surface area (Å²) in [7, 11) is -3.69. The lowest BCUT2D eigenvalue weighted by Crippen LogP contribution is -2.53. The van der Waals surface area contributed by atoms with E-state index in [0.29, 0.717) is 22.5 Å². The third-order valence-electron chi connectivity index (χ3n) is 5.70. The van der Waals surface area contributed by atoms with Gasteiger partial charge in [-0.15, -0.1) is 0 Å². The number of fused-ring (bicyclic) bond motifs is 3. The van der Waals surface area contributed by atoms with Crippen LogP contribution in [-0.4, -0.2) is 49.4 Å². The van der Waals surface area contributed by atoms with Crippen molar-refractivity contribution in [2.75, 3.05) is 11.4 Å². The van der Waals surface area contributed by atoms with Crippen molar-refractivity contribution < 1.29 is 13.2 Å². The molecule has 2 heterocycles. The molecular weight excluding hydrogens is 432 g/mol. The molecule has 0 saturated heterocycles. The molecule has 2 fully saturated rings. The van der Waals surface area contributed by atoms with Crippen LogP contribution in [0.5, 0.6) is 0 Å². The average molecular weight is 453 g/mol. The number of hydrogen-bond acceptors (Lipinski definition) is 5. The molecule has 5 rings (SSSR count). The SMILES string of the molecule is C[C@@H]1CN=C2N(C3CC3)C(=O)c3cc(S(=O)(=O)NC4(C)CC4)cc(Br)c3N21. The molecule has 1 N–H and O–H groups in total. The van der Waals surface area contributed by atoms with Crippen molar-refractivity contribution >= 4 is 43.5 Å². The summed E-state index contributed by atoms with van der Waals surface area (Å²) >= 11 is 3.53. The van der Waals surface area contributed by atoms with Gasteiger partial charge in [-0.1, -0.05) is 0 Å². The first-order valence-electron chi connectivity index (χ1n) is 9.25.